The van der Waals surface area contributed by atoms with E-state index >= 15 is 0 Å². The Balaban J connectivity index is 2.68. The van der Waals surface area contributed by atoms with Crippen LogP contribution in [-0.2, 0) is 16.0 Å². The van der Waals surface area contributed by atoms with E-state index in [1.165, 1.54) is 4.90 Å². The van der Waals surface area contributed by atoms with Gasteiger partial charge in [0, 0.05) is 11.6 Å². The lowest BCUT2D eigenvalue weighted by molar-refractivity contribution is -0.132. The van der Waals surface area contributed by atoms with Crippen LogP contribution < -0.4 is 5.32 Å². The van der Waals surface area contributed by atoms with Crippen LogP contribution in [0, 0.1) is 0 Å². The Morgan fingerprint density at radius 1 is 1.39 bits per heavy atom. The molecule has 0 fully saturated rings. The van der Waals surface area contributed by atoms with Crippen LogP contribution >= 0.6 is 11.6 Å². The van der Waals surface area contributed by atoms with E-state index in [-0.39, 0.29) is 18.9 Å². The van der Waals surface area contributed by atoms with Crippen LogP contribution in [-0.4, -0.2) is 52.9 Å². The average Bonchev–Trinajstić information content (AvgIpc) is 2.53. The van der Waals surface area contributed by atoms with Crippen molar-refractivity contribution in [2.75, 3.05) is 13.1 Å². The van der Waals surface area contributed by atoms with Crippen molar-refractivity contribution in [2.45, 2.75) is 19.3 Å². The topological polar surface area (TPSA) is 89.9 Å². The fourth-order valence-electron chi connectivity index (χ4n) is 2.01. The van der Waals surface area contributed by atoms with Gasteiger partial charge in [-0.25, -0.2) is 0 Å². The van der Waals surface area contributed by atoms with Crippen LogP contribution in [0.3, 0.4) is 0 Å². The fraction of sp³-hybridized carbons (Fsp3) is 0.333. The highest BCUT2D eigenvalue weighted by Crippen LogP contribution is 2.11. The Hall–Kier alpha value is -1.83. The maximum atomic E-state index is 12.0. The summed E-state index contributed by atoms with van der Waals surface area (Å²) in [6.45, 7) is 5.29. The van der Waals surface area contributed by atoms with Gasteiger partial charge in [-0.05, 0) is 37.1 Å². The summed E-state index contributed by atoms with van der Waals surface area (Å²) in [4.78, 5) is 24.8. The Kier molecular flexibility index (Phi) is 7.81. The molecule has 1 rings (SSSR count). The van der Waals surface area contributed by atoms with Gasteiger partial charge in [0.25, 0.3) is 0 Å². The van der Waals surface area contributed by atoms with Crippen molar-refractivity contribution in [1.29, 1.82) is 0 Å². The van der Waals surface area contributed by atoms with Gasteiger partial charge in [-0.1, -0.05) is 30.3 Å². The summed E-state index contributed by atoms with van der Waals surface area (Å²) >= 11 is 5.80. The molecule has 0 aromatic heterocycles. The van der Waals surface area contributed by atoms with Crippen LogP contribution in [0.5, 0.6) is 0 Å². The van der Waals surface area contributed by atoms with E-state index < -0.39 is 19.0 Å². The predicted molar refractivity (Wildman–Crippen MR) is 89.7 cm³/mol. The zero-order chi connectivity index (χ0) is 17.4. The average molecular weight is 339 g/mol. The van der Waals surface area contributed by atoms with Crippen molar-refractivity contribution < 1.29 is 19.6 Å². The molecule has 124 valence electrons. The number of benzene rings is 1. The highest BCUT2D eigenvalue weighted by molar-refractivity contribution is 6.43. The number of halogens is 1. The van der Waals surface area contributed by atoms with Gasteiger partial charge in [0.2, 0.25) is 11.8 Å². The highest BCUT2D eigenvalue weighted by Gasteiger charge is 2.26. The molecule has 0 radical (unpaired) electrons. The maximum Gasteiger partial charge on any atom is 0.475 e. The van der Waals surface area contributed by atoms with Crippen LogP contribution in [0.2, 0.25) is 5.02 Å². The predicted octanol–water partition coefficient (Wildman–Crippen LogP) is 0.414. The minimum atomic E-state index is -1.72. The molecule has 0 heterocycles. The van der Waals surface area contributed by atoms with Gasteiger partial charge in [-0.2, -0.15) is 0 Å². The van der Waals surface area contributed by atoms with Gasteiger partial charge >= 0.3 is 7.12 Å². The molecule has 0 saturated heterocycles. The van der Waals surface area contributed by atoms with Crippen LogP contribution in [0.15, 0.2) is 36.9 Å². The number of carbonyl (C=O) groups is 2. The molecule has 0 spiro atoms. The van der Waals surface area contributed by atoms with Gasteiger partial charge in [0.05, 0.1) is 12.5 Å². The van der Waals surface area contributed by atoms with Gasteiger partial charge in [0.15, 0.2) is 0 Å². The summed E-state index contributed by atoms with van der Waals surface area (Å²) in [7, 11) is -1.72. The van der Waals surface area contributed by atoms with Gasteiger partial charge in [-0.15, -0.1) is 0 Å². The zero-order valence-corrected chi connectivity index (χ0v) is 13.7. The van der Waals surface area contributed by atoms with E-state index in [1.54, 1.807) is 31.2 Å². The third-order valence-corrected chi connectivity index (χ3v) is 3.53. The van der Waals surface area contributed by atoms with Crippen LogP contribution in [0.4, 0.5) is 0 Å². The highest BCUT2D eigenvalue weighted by atomic mass is 35.5. The van der Waals surface area contributed by atoms with Crippen molar-refractivity contribution in [2.24, 2.45) is 0 Å². The number of likely N-dealkylation sites (N-methyl/N-ethyl adjacent to an activating group) is 1. The number of nitrogens with zero attached hydrogens (tertiary/aromatic N) is 1. The van der Waals surface area contributed by atoms with E-state index in [4.69, 9.17) is 11.6 Å². The van der Waals surface area contributed by atoms with Crippen molar-refractivity contribution in [3.05, 3.63) is 47.5 Å². The van der Waals surface area contributed by atoms with Crippen molar-refractivity contribution >= 4 is 30.5 Å². The first kappa shape index (κ1) is 19.2. The Bertz CT molecular complexity index is 551. The first-order valence-electron chi connectivity index (χ1n) is 7.18. The van der Waals surface area contributed by atoms with Crippen LogP contribution in [0.1, 0.15) is 12.5 Å². The number of nitrogens with one attached hydrogen (secondary N) is 1. The van der Waals surface area contributed by atoms with Gasteiger partial charge in [-0.3, -0.25) is 9.59 Å². The molecule has 0 aliphatic heterocycles. The van der Waals surface area contributed by atoms with E-state index in [1.807, 2.05) is 0 Å². The summed E-state index contributed by atoms with van der Waals surface area (Å²) in [6, 6.07) is 6.84. The smallest absolute Gasteiger partial charge is 0.426 e. The van der Waals surface area contributed by atoms with Gasteiger partial charge < -0.3 is 20.3 Å². The normalized spacial score (nSPS) is 11.5. The third kappa shape index (κ3) is 6.44. The number of hydrogen-bond acceptors (Lipinski definition) is 4. The molecule has 0 unspecified atom stereocenters. The molecule has 2 amide bonds. The fourth-order valence-corrected chi connectivity index (χ4v) is 2.13. The largest absolute Gasteiger partial charge is 0.475 e. The first-order valence-corrected chi connectivity index (χ1v) is 7.56. The molecular formula is C15H20BClN2O4. The second kappa shape index (κ2) is 9.34. The second-order valence-electron chi connectivity index (χ2n) is 4.97. The SMILES string of the molecule is C=CC(=O)N(CC)CC(=O)N[C@@H](Cc1ccc(Cl)cc1)B(O)O. The van der Waals surface area contributed by atoms with E-state index in [9.17, 15) is 19.6 Å². The number of amides is 2. The summed E-state index contributed by atoms with van der Waals surface area (Å²) < 4.78 is 0. The number of carbonyl (C=O) groups excluding carboxylic acids is 2. The molecule has 1 atom stereocenters. The van der Waals surface area contributed by atoms with Crippen LogP contribution in [0.25, 0.3) is 0 Å². The van der Waals surface area contributed by atoms with Gasteiger partial charge in [0.1, 0.15) is 0 Å². The molecule has 0 aliphatic rings. The molecule has 0 bridgehead atoms. The van der Waals surface area contributed by atoms with E-state index in [2.05, 4.69) is 11.9 Å². The Morgan fingerprint density at radius 3 is 2.48 bits per heavy atom. The molecule has 1 aromatic carbocycles. The van der Waals surface area contributed by atoms with Crippen molar-refractivity contribution in [1.82, 2.24) is 10.2 Å². The first-order chi connectivity index (χ1) is 10.9. The van der Waals surface area contributed by atoms with Crippen molar-refractivity contribution in [3.63, 3.8) is 0 Å². The number of rotatable bonds is 8. The standard InChI is InChI=1S/C15H20BClN2O4/c1-3-15(21)19(4-2)10-14(20)18-13(16(22)23)9-11-5-7-12(17)8-6-11/h3,5-8,13,22-23H,1,4,9-10H2,2H3,(H,18,20)/t13-/m0/s1. The summed E-state index contributed by atoms with van der Waals surface area (Å²) in [5.74, 6) is -1.73. The lowest BCUT2D eigenvalue weighted by Crippen LogP contribution is -2.51. The molecule has 3 N–H and O–H groups in total. The molecule has 23 heavy (non-hydrogen) atoms. The second-order valence-corrected chi connectivity index (χ2v) is 5.41. The minimum Gasteiger partial charge on any atom is -0.426 e. The third-order valence-electron chi connectivity index (χ3n) is 3.28. The quantitative estimate of drug-likeness (QED) is 0.473. The zero-order valence-electron chi connectivity index (χ0n) is 12.9. The van der Waals surface area contributed by atoms with E-state index in [0.717, 1.165) is 11.6 Å². The lowest BCUT2D eigenvalue weighted by atomic mass is 9.76. The molecule has 0 aliphatic carbocycles. The lowest BCUT2D eigenvalue weighted by Gasteiger charge is -2.22. The summed E-state index contributed by atoms with van der Waals surface area (Å²) in [5.41, 5.74) is 0.794. The summed E-state index contributed by atoms with van der Waals surface area (Å²) in [6.07, 6.45) is 1.35. The summed E-state index contributed by atoms with van der Waals surface area (Å²) in [5, 5.41) is 22.0. The molecular weight excluding hydrogens is 318 g/mol. The molecule has 8 heteroatoms. The molecule has 6 nitrogen and oxygen atoms in total. The maximum absolute atomic E-state index is 12.0. The van der Waals surface area contributed by atoms with Crippen molar-refractivity contribution in [3.8, 4) is 0 Å². The minimum absolute atomic E-state index is 0.175. The van der Waals surface area contributed by atoms with E-state index in [0.29, 0.717) is 11.6 Å². The monoisotopic (exact) mass is 338 g/mol. The Morgan fingerprint density at radius 2 is 2.00 bits per heavy atom. The molecule has 1 aromatic rings. The number of hydrogen-bond donors (Lipinski definition) is 3. The Labute approximate surface area is 140 Å². The molecule has 0 saturated carbocycles.